The van der Waals surface area contributed by atoms with Crippen molar-refractivity contribution in [1.29, 1.82) is 0 Å². The van der Waals surface area contributed by atoms with Gasteiger partial charge in [-0.15, -0.1) is 0 Å². The van der Waals surface area contributed by atoms with E-state index in [0.717, 1.165) is 5.56 Å². The fraction of sp³-hybridized carbons (Fsp3) is 0.286. The highest BCUT2D eigenvalue weighted by atomic mass is 16.5. The maximum atomic E-state index is 12.7. The Labute approximate surface area is 196 Å². The summed E-state index contributed by atoms with van der Waals surface area (Å²) in [5.74, 6) is 0.291. The van der Waals surface area contributed by atoms with Gasteiger partial charge >= 0.3 is 0 Å². The van der Waals surface area contributed by atoms with Gasteiger partial charge in [-0.1, -0.05) is 57.2 Å². The second kappa shape index (κ2) is 10.3. The van der Waals surface area contributed by atoms with Gasteiger partial charge in [0.1, 0.15) is 5.75 Å². The normalized spacial score (nSPS) is 11.2. The van der Waals surface area contributed by atoms with Gasteiger partial charge in [0.25, 0.3) is 11.8 Å². The Morgan fingerprint density at radius 1 is 0.818 bits per heavy atom. The molecular formula is C28H32N2O3. The van der Waals surface area contributed by atoms with Crippen LogP contribution in [0.3, 0.4) is 0 Å². The molecule has 172 valence electrons. The number of nitrogens with one attached hydrogen (secondary N) is 2. The topological polar surface area (TPSA) is 67.4 Å². The van der Waals surface area contributed by atoms with Crippen LogP contribution in [0.25, 0.3) is 0 Å². The summed E-state index contributed by atoms with van der Waals surface area (Å²) < 4.78 is 5.76. The standard InChI is InChI=1S/C28H32N2O3/c1-19(2)33-25-9-7-6-8-24(25)30-27(32)22-12-10-20(11-13-22)18-29-26(31)21-14-16-23(17-15-21)28(3,4)5/h6-17,19H,18H2,1-5H3,(H,29,31)(H,30,32). The lowest BCUT2D eigenvalue weighted by molar-refractivity contribution is 0.0949. The molecule has 33 heavy (non-hydrogen) atoms. The molecule has 5 heteroatoms. The molecule has 3 rings (SSSR count). The van der Waals surface area contributed by atoms with Crippen LogP contribution in [0, 0.1) is 0 Å². The fourth-order valence-electron chi connectivity index (χ4n) is 3.30. The molecule has 0 aliphatic rings. The van der Waals surface area contributed by atoms with Gasteiger partial charge in [0.2, 0.25) is 0 Å². The molecule has 0 unspecified atom stereocenters. The molecule has 0 radical (unpaired) electrons. The monoisotopic (exact) mass is 444 g/mol. The highest BCUT2D eigenvalue weighted by molar-refractivity contribution is 6.05. The van der Waals surface area contributed by atoms with Crippen molar-refractivity contribution >= 4 is 17.5 Å². The lowest BCUT2D eigenvalue weighted by Gasteiger charge is -2.19. The van der Waals surface area contributed by atoms with E-state index in [-0.39, 0.29) is 23.3 Å². The Kier molecular flexibility index (Phi) is 7.54. The minimum atomic E-state index is -0.218. The number of para-hydroxylation sites is 2. The van der Waals surface area contributed by atoms with E-state index >= 15 is 0 Å². The number of amides is 2. The Balaban J connectivity index is 1.58. The first-order chi connectivity index (χ1) is 15.6. The smallest absolute Gasteiger partial charge is 0.255 e. The van der Waals surface area contributed by atoms with E-state index in [2.05, 4.69) is 31.4 Å². The molecule has 3 aromatic carbocycles. The van der Waals surface area contributed by atoms with Crippen LogP contribution in [-0.4, -0.2) is 17.9 Å². The lowest BCUT2D eigenvalue weighted by atomic mass is 9.87. The number of carbonyl (C=O) groups is 2. The highest BCUT2D eigenvalue weighted by Gasteiger charge is 2.14. The SMILES string of the molecule is CC(C)Oc1ccccc1NC(=O)c1ccc(CNC(=O)c2ccc(C(C)(C)C)cc2)cc1. The van der Waals surface area contributed by atoms with Crippen LogP contribution in [0.5, 0.6) is 5.75 Å². The predicted molar refractivity (Wildman–Crippen MR) is 133 cm³/mol. The van der Waals surface area contributed by atoms with Gasteiger partial charge in [-0.2, -0.15) is 0 Å². The van der Waals surface area contributed by atoms with E-state index < -0.39 is 0 Å². The maximum absolute atomic E-state index is 12.7. The average Bonchev–Trinajstić information content (AvgIpc) is 2.78. The van der Waals surface area contributed by atoms with Crippen LogP contribution in [0.1, 0.15) is 66.5 Å². The molecule has 0 atom stereocenters. The molecule has 0 saturated carbocycles. The summed E-state index contributed by atoms with van der Waals surface area (Å²) in [5, 5.41) is 5.84. The molecule has 0 spiro atoms. The van der Waals surface area contributed by atoms with Crippen molar-refractivity contribution in [2.45, 2.75) is 52.7 Å². The zero-order valence-corrected chi connectivity index (χ0v) is 19.9. The second-order valence-electron chi connectivity index (χ2n) is 9.32. The van der Waals surface area contributed by atoms with Crippen molar-refractivity contribution in [1.82, 2.24) is 5.32 Å². The first-order valence-electron chi connectivity index (χ1n) is 11.2. The third-order valence-corrected chi connectivity index (χ3v) is 5.18. The van der Waals surface area contributed by atoms with Crippen LogP contribution < -0.4 is 15.4 Å². The molecule has 0 aliphatic heterocycles. The Morgan fingerprint density at radius 3 is 2.00 bits per heavy atom. The molecule has 0 aliphatic carbocycles. The molecule has 2 N–H and O–H groups in total. The van der Waals surface area contributed by atoms with E-state index in [1.165, 1.54) is 5.56 Å². The van der Waals surface area contributed by atoms with Gasteiger partial charge in [0.15, 0.2) is 0 Å². The molecule has 3 aromatic rings. The first-order valence-corrected chi connectivity index (χ1v) is 11.2. The van der Waals surface area contributed by atoms with E-state index in [1.54, 1.807) is 12.1 Å². The van der Waals surface area contributed by atoms with Gasteiger partial charge in [-0.25, -0.2) is 0 Å². The number of benzene rings is 3. The van der Waals surface area contributed by atoms with Crippen molar-refractivity contribution in [3.05, 3.63) is 95.1 Å². The summed E-state index contributed by atoms with van der Waals surface area (Å²) >= 11 is 0. The highest BCUT2D eigenvalue weighted by Crippen LogP contribution is 2.25. The Hall–Kier alpha value is -3.60. The van der Waals surface area contributed by atoms with Crippen molar-refractivity contribution in [3.63, 3.8) is 0 Å². The Bertz CT molecular complexity index is 1100. The Morgan fingerprint density at radius 2 is 1.39 bits per heavy atom. The molecule has 0 heterocycles. The van der Waals surface area contributed by atoms with Crippen molar-refractivity contribution in [2.24, 2.45) is 0 Å². The number of anilines is 1. The van der Waals surface area contributed by atoms with Gasteiger partial charge in [-0.05, 0) is 66.8 Å². The summed E-state index contributed by atoms with van der Waals surface area (Å²) in [7, 11) is 0. The maximum Gasteiger partial charge on any atom is 0.255 e. The fourth-order valence-corrected chi connectivity index (χ4v) is 3.30. The molecule has 2 amide bonds. The van der Waals surface area contributed by atoms with Crippen LogP contribution >= 0.6 is 0 Å². The van der Waals surface area contributed by atoms with Crippen molar-refractivity contribution < 1.29 is 14.3 Å². The summed E-state index contributed by atoms with van der Waals surface area (Å²) in [4.78, 5) is 25.2. The lowest BCUT2D eigenvalue weighted by Crippen LogP contribution is -2.23. The number of carbonyl (C=O) groups excluding carboxylic acids is 2. The van der Waals surface area contributed by atoms with E-state index in [9.17, 15) is 9.59 Å². The number of rotatable bonds is 7. The van der Waals surface area contributed by atoms with Gasteiger partial charge in [0, 0.05) is 17.7 Å². The minimum absolute atomic E-state index is 0.00831. The van der Waals surface area contributed by atoms with Gasteiger partial charge in [-0.3, -0.25) is 9.59 Å². The van der Waals surface area contributed by atoms with Crippen LogP contribution in [-0.2, 0) is 12.0 Å². The molecule has 0 fully saturated rings. The third-order valence-electron chi connectivity index (χ3n) is 5.18. The first kappa shape index (κ1) is 24.1. The molecule has 0 aromatic heterocycles. The van der Waals surface area contributed by atoms with Crippen LogP contribution in [0.4, 0.5) is 5.69 Å². The number of hydrogen-bond acceptors (Lipinski definition) is 3. The van der Waals surface area contributed by atoms with Crippen LogP contribution in [0.15, 0.2) is 72.8 Å². The number of hydrogen-bond donors (Lipinski definition) is 2. The minimum Gasteiger partial charge on any atom is -0.489 e. The summed E-state index contributed by atoms with van der Waals surface area (Å²) in [5.41, 5.74) is 3.93. The molecule has 5 nitrogen and oxygen atoms in total. The van der Waals surface area contributed by atoms with Crippen molar-refractivity contribution in [3.8, 4) is 5.75 Å². The van der Waals surface area contributed by atoms with E-state index in [0.29, 0.717) is 29.1 Å². The molecule has 0 saturated heterocycles. The zero-order valence-electron chi connectivity index (χ0n) is 19.9. The van der Waals surface area contributed by atoms with Gasteiger partial charge < -0.3 is 15.4 Å². The van der Waals surface area contributed by atoms with Crippen molar-refractivity contribution in [2.75, 3.05) is 5.32 Å². The average molecular weight is 445 g/mol. The van der Waals surface area contributed by atoms with Gasteiger partial charge in [0.05, 0.1) is 11.8 Å². The summed E-state index contributed by atoms with van der Waals surface area (Å²) in [6.45, 7) is 10.7. The van der Waals surface area contributed by atoms with E-state index in [4.69, 9.17) is 4.74 Å². The summed E-state index contributed by atoms with van der Waals surface area (Å²) in [6, 6.07) is 22.2. The molecular weight excluding hydrogens is 412 g/mol. The predicted octanol–water partition coefficient (Wildman–Crippen LogP) is 5.95. The molecule has 0 bridgehead atoms. The van der Waals surface area contributed by atoms with E-state index in [1.807, 2.05) is 74.5 Å². The van der Waals surface area contributed by atoms with Crippen LogP contribution in [0.2, 0.25) is 0 Å². The zero-order chi connectivity index (χ0) is 24.0. The quantitative estimate of drug-likeness (QED) is 0.473. The largest absolute Gasteiger partial charge is 0.489 e. The second-order valence-corrected chi connectivity index (χ2v) is 9.32. The number of ether oxygens (including phenoxy) is 1. The summed E-state index contributed by atoms with van der Waals surface area (Å²) in [6.07, 6.45) is 0.00831. The third kappa shape index (κ3) is 6.69.